The molecule has 1 aliphatic rings. The van der Waals surface area contributed by atoms with E-state index in [1.165, 1.54) is 12.8 Å². The first-order valence-electron chi connectivity index (χ1n) is 5.64. The molecular weight excluding hydrogens is 160 g/mol. The molecule has 1 unspecified atom stereocenters. The highest BCUT2D eigenvalue weighted by atomic mass is 15.0. The van der Waals surface area contributed by atoms with Gasteiger partial charge in [-0.05, 0) is 31.2 Å². The number of hydrogen-bond donors (Lipinski definition) is 2. The van der Waals surface area contributed by atoms with Crippen LogP contribution in [-0.2, 0) is 0 Å². The number of hydrogen-bond acceptors (Lipinski definition) is 2. The SMILES string of the molecule is CC(C)C(C)CNCCNC1CC1. The van der Waals surface area contributed by atoms with Crippen molar-refractivity contribution in [3.8, 4) is 0 Å². The summed E-state index contributed by atoms with van der Waals surface area (Å²) in [6.45, 7) is 10.3. The average Bonchev–Trinajstić information content (AvgIpc) is 2.87. The van der Waals surface area contributed by atoms with Crippen molar-refractivity contribution in [2.24, 2.45) is 11.8 Å². The van der Waals surface area contributed by atoms with E-state index in [4.69, 9.17) is 0 Å². The molecule has 0 aromatic carbocycles. The molecule has 0 amide bonds. The zero-order chi connectivity index (χ0) is 9.68. The Morgan fingerprint density at radius 3 is 2.38 bits per heavy atom. The van der Waals surface area contributed by atoms with Crippen LogP contribution in [0.4, 0.5) is 0 Å². The molecule has 13 heavy (non-hydrogen) atoms. The van der Waals surface area contributed by atoms with E-state index in [0.717, 1.165) is 37.5 Å². The van der Waals surface area contributed by atoms with Gasteiger partial charge in [0.15, 0.2) is 0 Å². The first kappa shape index (κ1) is 11.0. The van der Waals surface area contributed by atoms with Crippen molar-refractivity contribution in [1.82, 2.24) is 10.6 Å². The van der Waals surface area contributed by atoms with Gasteiger partial charge in [0, 0.05) is 19.1 Å². The van der Waals surface area contributed by atoms with Crippen molar-refractivity contribution >= 4 is 0 Å². The molecule has 0 aromatic heterocycles. The third kappa shape index (κ3) is 5.27. The third-order valence-corrected chi connectivity index (χ3v) is 2.92. The molecule has 1 saturated carbocycles. The summed E-state index contributed by atoms with van der Waals surface area (Å²) in [5, 5.41) is 6.98. The molecule has 0 bridgehead atoms. The van der Waals surface area contributed by atoms with Crippen LogP contribution < -0.4 is 10.6 Å². The normalized spacial score (nSPS) is 19.4. The van der Waals surface area contributed by atoms with Crippen molar-refractivity contribution in [2.45, 2.75) is 39.7 Å². The van der Waals surface area contributed by atoms with Crippen LogP contribution in [0.3, 0.4) is 0 Å². The minimum atomic E-state index is 0.793. The summed E-state index contributed by atoms with van der Waals surface area (Å²) in [6, 6.07) is 0.851. The molecule has 0 aromatic rings. The minimum absolute atomic E-state index is 0.793. The largest absolute Gasteiger partial charge is 0.315 e. The summed E-state index contributed by atoms with van der Waals surface area (Å²) in [4.78, 5) is 0. The maximum absolute atomic E-state index is 3.50. The molecule has 0 heterocycles. The van der Waals surface area contributed by atoms with Gasteiger partial charge in [-0.3, -0.25) is 0 Å². The molecule has 1 atom stereocenters. The molecule has 2 heteroatoms. The van der Waals surface area contributed by atoms with Crippen molar-refractivity contribution in [2.75, 3.05) is 19.6 Å². The second kappa shape index (κ2) is 5.61. The molecular formula is C11H24N2. The van der Waals surface area contributed by atoms with E-state index >= 15 is 0 Å². The summed E-state index contributed by atoms with van der Waals surface area (Å²) < 4.78 is 0. The lowest BCUT2D eigenvalue weighted by molar-refractivity contribution is 0.392. The Morgan fingerprint density at radius 1 is 1.15 bits per heavy atom. The predicted molar refractivity (Wildman–Crippen MR) is 57.9 cm³/mol. The van der Waals surface area contributed by atoms with Gasteiger partial charge in [0.25, 0.3) is 0 Å². The van der Waals surface area contributed by atoms with Crippen LogP contribution >= 0.6 is 0 Å². The highest BCUT2D eigenvalue weighted by Crippen LogP contribution is 2.17. The Hall–Kier alpha value is -0.0800. The van der Waals surface area contributed by atoms with E-state index in [-0.39, 0.29) is 0 Å². The van der Waals surface area contributed by atoms with Crippen LogP contribution in [0.2, 0.25) is 0 Å². The van der Waals surface area contributed by atoms with E-state index < -0.39 is 0 Å². The molecule has 1 fully saturated rings. The third-order valence-electron chi connectivity index (χ3n) is 2.92. The van der Waals surface area contributed by atoms with Gasteiger partial charge < -0.3 is 10.6 Å². The Kier molecular flexibility index (Phi) is 4.74. The summed E-state index contributed by atoms with van der Waals surface area (Å²) >= 11 is 0. The number of rotatable bonds is 7. The van der Waals surface area contributed by atoms with Gasteiger partial charge in [0.05, 0.1) is 0 Å². The van der Waals surface area contributed by atoms with Crippen LogP contribution in [0.15, 0.2) is 0 Å². The minimum Gasteiger partial charge on any atom is -0.315 e. The molecule has 0 spiro atoms. The smallest absolute Gasteiger partial charge is 0.00793 e. The van der Waals surface area contributed by atoms with E-state index in [2.05, 4.69) is 31.4 Å². The monoisotopic (exact) mass is 184 g/mol. The Balaban J connectivity index is 1.82. The predicted octanol–water partition coefficient (Wildman–Crippen LogP) is 1.62. The maximum atomic E-state index is 3.50. The summed E-state index contributed by atoms with van der Waals surface area (Å²) in [7, 11) is 0. The Labute approximate surface area is 82.5 Å². The second-order valence-corrected chi connectivity index (χ2v) is 4.65. The molecule has 78 valence electrons. The van der Waals surface area contributed by atoms with Gasteiger partial charge in [0.1, 0.15) is 0 Å². The van der Waals surface area contributed by atoms with Crippen molar-refractivity contribution < 1.29 is 0 Å². The first-order chi connectivity index (χ1) is 6.20. The quantitative estimate of drug-likeness (QED) is 0.588. The van der Waals surface area contributed by atoms with Gasteiger partial charge in [-0.25, -0.2) is 0 Å². The molecule has 0 saturated heterocycles. The fraction of sp³-hybridized carbons (Fsp3) is 1.00. The fourth-order valence-corrected chi connectivity index (χ4v) is 1.22. The highest BCUT2D eigenvalue weighted by Gasteiger charge is 2.19. The van der Waals surface area contributed by atoms with Crippen LogP contribution in [-0.4, -0.2) is 25.7 Å². The molecule has 1 aliphatic carbocycles. The van der Waals surface area contributed by atoms with Gasteiger partial charge in [-0.2, -0.15) is 0 Å². The summed E-state index contributed by atoms with van der Waals surface area (Å²) in [6.07, 6.45) is 2.78. The van der Waals surface area contributed by atoms with Gasteiger partial charge in [0.2, 0.25) is 0 Å². The zero-order valence-corrected chi connectivity index (χ0v) is 9.27. The van der Waals surface area contributed by atoms with Crippen LogP contribution in [0.25, 0.3) is 0 Å². The topological polar surface area (TPSA) is 24.1 Å². The Bertz CT molecular complexity index is 130. The van der Waals surface area contributed by atoms with Crippen molar-refractivity contribution in [3.05, 3.63) is 0 Å². The molecule has 2 nitrogen and oxygen atoms in total. The lowest BCUT2D eigenvalue weighted by Crippen LogP contribution is -2.32. The van der Waals surface area contributed by atoms with Crippen LogP contribution in [0.1, 0.15) is 33.6 Å². The van der Waals surface area contributed by atoms with E-state index in [1.807, 2.05) is 0 Å². The summed E-state index contributed by atoms with van der Waals surface area (Å²) in [5.41, 5.74) is 0. The summed E-state index contributed by atoms with van der Waals surface area (Å²) in [5.74, 6) is 1.59. The Morgan fingerprint density at radius 2 is 1.85 bits per heavy atom. The molecule has 2 N–H and O–H groups in total. The van der Waals surface area contributed by atoms with E-state index in [9.17, 15) is 0 Å². The van der Waals surface area contributed by atoms with E-state index in [1.54, 1.807) is 0 Å². The van der Waals surface area contributed by atoms with Crippen molar-refractivity contribution in [1.29, 1.82) is 0 Å². The lowest BCUT2D eigenvalue weighted by Gasteiger charge is -2.16. The standard InChI is InChI=1S/C11H24N2/c1-9(2)10(3)8-12-6-7-13-11-4-5-11/h9-13H,4-8H2,1-3H3. The van der Waals surface area contributed by atoms with E-state index in [0.29, 0.717) is 0 Å². The molecule has 1 rings (SSSR count). The zero-order valence-electron chi connectivity index (χ0n) is 9.27. The maximum Gasteiger partial charge on any atom is 0.00793 e. The average molecular weight is 184 g/mol. The highest BCUT2D eigenvalue weighted by molar-refractivity contribution is 4.80. The van der Waals surface area contributed by atoms with Gasteiger partial charge in [-0.1, -0.05) is 20.8 Å². The van der Waals surface area contributed by atoms with Crippen LogP contribution in [0, 0.1) is 11.8 Å². The number of nitrogens with one attached hydrogen (secondary N) is 2. The first-order valence-corrected chi connectivity index (χ1v) is 5.64. The van der Waals surface area contributed by atoms with Crippen molar-refractivity contribution in [3.63, 3.8) is 0 Å². The molecule has 0 radical (unpaired) electrons. The lowest BCUT2D eigenvalue weighted by atomic mass is 9.98. The van der Waals surface area contributed by atoms with Crippen LogP contribution in [0.5, 0.6) is 0 Å². The van der Waals surface area contributed by atoms with Gasteiger partial charge >= 0.3 is 0 Å². The fourth-order valence-electron chi connectivity index (χ4n) is 1.22. The second-order valence-electron chi connectivity index (χ2n) is 4.65. The van der Waals surface area contributed by atoms with Gasteiger partial charge in [-0.15, -0.1) is 0 Å². The molecule has 0 aliphatic heterocycles.